The van der Waals surface area contributed by atoms with Crippen molar-refractivity contribution in [3.05, 3.63) is 59.9 Å². The highest BCUT2D eigenvalue weighted by atomic mass is 32.2. The van der Waals surface area contributed by atoms with Crippen LogP contribution in [-0.4, -0.2) is 11.2 Å². The predicted molar refractivity (Wildman–Crippen MR) is 84.0 cm³/mol. The molecule has 21 heavy (non-hydrogen) atoms. The molecule has 0 saturated carbocycles. The molecule has 1 heterocycles. The van der Waals surface area contributed by atoms with E-state index < -0.39 is 0 Å². The molecule has 2 aromatic carbocycles. The number of fused-ring (bicyclic) bond motifs is 1. The number of benzene rings is 2. The van der Waals surface area contributed by atoms with Gasteiger partial charge in [0.2, 0.25) is 5.91 Å². The van der Waals surface area contributed by atoms with Crippen LogP contribution in [0.1, 0.15) is 18.9 Å². The summed E-state index contributed by atoms with van der Waals surface area (Å²) < 4.78 is 13.3. The van der Waals surface area contributed by atoms with Crippen molar-refractivity contribution in [1.82, 2.24) is 0 Å². The fourth-order valence-electron chi connectivity index (χ4n) is 2.52. The van der Waals surface area contributed by atoms with Crippen LogP contribution in [0.15, 0.2) is 53.4 Å². The molecule has 0 radical (unpaired) electrons. The first-order valence-electron chi connectivity index (χ1n) is 6.94. The van der Waals surface area contributed by atoms with E-state index >= 15 is 0 Å². The largest absolute Gasteiger partial charge is 0.307 e. The van der Waals surface area contributed by atoms with Gasteiger partial charge in [-0.2, -0.15) is 0 Å². The Morgan fingerprint density at radius 3 is 2.86 bits per heavy atom. The lowest BCUT2D eigenvalue weighted by Crippen LogP contribution is -2.30. The quantitative estimate of drug-likeness (QED) is 0.827. The second kappa shape index (κ2) is 5.90. The summed E-state index contributed by atoms with van der Waals surface area (Å²) in [5.74, 6) is -0.185. The molecule has 2 aromatic rings. The Hall–Kier alpha value is -1.81. The van der Waals surface area contributed by atoms with Crippen LogP contribution in [-0.2, 0) is 11.3 Å². The summed E-state index contributed by atoms with van der Waals surface area (Å²) in [7, 11) is 0. The monoisotopic (exact) mass is 301 g/mol. The van der Waals surface area contributed by atoms with Gasteiger partial charge in [0, 0.05) is 16.6 Å². The van der Waals surface area contributed by atoms with E-state index in [2.05, 4.69) is 6.92 Å². The fraction of sp³-hybridized carbons (Fsp3) is 0.235. The van der Waals surface area contributed by atoms with Gasteiger partial charge in [0.25, 0.3) is 0 Å². The van der Waals surface area contributed by atoms with Crippen molar-refractivity contribution in [3.63, 3.8) is 0 Å². The molecule has 0 saturated heterocycles. The zero-order valence-electron chi connectivity index (χ0n) is 11.8. The van der Waals surface area contributed by atoms with Crippen LogP contribution < -0.4 is 4.90 Å². The highest BCUT2D eigenvalue weighted by molar-refractivity contribution is 8.00. The van der Waals surface area contributed by atoms with Gasteiger partial charge >= 0.3 is 0 Å². The molecule has 1 aliphatic heterocycles. The molecule has 4 heteroatoms. The topological polar surface area (TPSA) is 20.3 Å². The fourth-order valence-corrected chi connectivity index (χ4v) is 3.64. The summed E-state index contributed by atoms with van der Waals surface area (Å²) in [6.07, 6.45) is 0.495. The zero-order valence-corrected chi connectivity index (χ0v) is 12.6. The van der Waals surface area contributed by atoms with Crippen molar-refractivity contribution in [2.75, 3.05) is 4.90 Å². The highest BCUT2D eigenvalue weighted by Crippen LogP contribution is 2.38. The second-order valence-corrected chi connectivity index (χ2v) is 6.69. The van der Waals surface area contributed by atoms with Crippen molar-refractivity contribution in [2.24, 2.45) is 0 Å². The van der Waals surface area contributed by atoms with Crippen molar-refractivity contribution >= 4 is 23.4 Å². The van der Waals surface area contributed by atoms with E-state index in [0.717, 1.165) is 16.1 Å². The smallest absolute Gasteiger partial charge is 0.228 e. The third-order valence-corrected chi connectivity index (χ3v) is 4.65. The van der Waals surface area contributed by atoms with Crippen LogP contribution >= 0.6 is 11.8 Å². The molecule has 0 spiro atoms. The van der Waals surface area contributed by atoms with Crippen molar-refractivity contribution < 1.29 is 9.18 Å². The number of anilines is 1. The average Bonchev–Trinajstić information content (AvgIpc) is 2.56. The number of nitrogens with zero attached hydrogens (tertiary/aromatic N) is 1. The molecule has 0 aliphatic carbocycles. The Kier molecular flexibility index (Phi) is 3.97. The second-order valence-electron chi connectivity index (χ2n) is 5.21. The number of hydrogen-bond donors (Lipinski definition) is 0. The van der Waals surface area contributed by atoms with Crippen LogP contribution in [0.5, 0.6) is 0 Å². The normalized spacial score (nSPS) is 18.3. The Morgan fingerprint density at radius 1 is 1.24 bits per heavy atom. The van der Waals surface area contributed by atoms with Crippen LogP contribution in [0.4, 0.5) is 10.1 Å². The molecule has 3 rings (SSSR count). The van der Waals surface area contributed by atoms with E-state index in [1.54, 1.807) is 22.7 Å². The van der Waals surface area contributed by atoms with Gasteiger partial charge in [0.05, 0.1) is 12.2 Å². The van der Waals surface area contributed by atoms with Gasteiger partial charge in [-0.1, -0.05) is 31.2 Å². The Morgan fingerprint density at radius 2 is 2.05 bits per heavy atom. The summed E-state index contributed by atoms with van der Waals surface area (Å²) >= 11 is 1.72. The molecule has 0 aromatic heterocycles. The minimum Gasteiger partial charge on any atom is -0.307 e. The van der Waals surface area contributed by atoms with Crippen LogP contribution in [0.2, 0.25) is 0 Å². The molecule has 2 nitrogen and oxygen atoms in total. The van der Waals surface area contributed by atoms with E-state index in [1.807, 2.05) is 30.3 Å². The van der Waals surface area contributed by atoms with Gasteiger partial charge in [0.15, 0.2) is 0 Å². The molecule has 108 valence electrons. The minimum atomic E-state index is -0.272. The maximum absolute atomic E-state index is 13.3. The summed E-state index contributed by atoms with van der Waals surface area (Å²) in [6.45, 7) is 2.46. The minimum absolute atomic E-state index is 0.0872. The molecule has 0 bridgehead atoms. The Labute approximate surface area is 128 Å². The number of hydrogen-bond acceptors (Lipinski definition) is 2. The maximum atomic E-state index is 13.3. The Balaban J connectivity index is 1.97. The molecular formula is C17H16FNOS. The summed E-state index contributed by atoms with van der Waals surface area (Å²) in [5.41, 5.74) is 1.72. The van der Waals surface area contributed by atoms with Crippen LogP contribution in [0, 0.1) is 5.82 Å². The summed E-state index contributed by atoms with van der Waals surface area (Å²) in [5, 5.41) is 0.246. The van der Waals surface area contributed by atoms with E-state index in [1.165, 1.54) is 12.1 Å². The van der Waals surface area contributed by atoms with E-state index in [4.69, 9.17) is 0 Å². The number of halogens is 1. The lowest BCUT2D eigenvalue weighted by molar-refractivity contribution is -0.118. The number of rotatable bonds is 2. The number of carbonyl (C=O) groups is 1. The van der Waals surface area contributed by atoms with Crippen molar-refractivity contribution in [1.29, 1.82) is 0 Å². The lowest BCUT2D eigenvalue weighted by Gasteiger charge is -2.22. The summed E-state index contributed by atoms with van der Waals surface area (Å²) in [6, 6.07) is 14.3. The number of thioether (sulfide) groups is 1. The van der Waals surface area contributed by atoms with Gasteiger partial charge in [-0.05, 0) is 29.8 Å². The first-order valence-corrected chi connectivity index (χ1v) is 7.82. The third-order valence-electron chi connectivity index (χ3n) is 3.48. The van der Waals surface area contributed by atoms with Gasteiger partial charge in [-0.15, -0.1) is 11.8 Å². The zero-order chi connectivity index (χ0) is 14.8. The number of para-hydroxylation sites is 1. The molecule has 1 atom stereocenters. The first-order chi connectivity index (χ1) is 10.1. The molecule has 1 amide bonds. The number of carbonyl (C=O) groups excluding carboxylic acids is 1. The van der Waals surface area contributed by atoms with E-state index in [9.17, 15) is 9.18 Å². The Bertz CT molecular complexity index is 673. The maximum Gasteiger partial charge on any atom is 0.228 e. The van der Waals surface area contributed by atoms with E-state index in [-0.39, 0.29) is 17.0 Å². The van der Waals surface area contributed by atoms with Gasteiger partial charge in [0.1, 0.15) is 5.82 Å². The lowest BCUT2D eigenvalue weighted by atomic mass is 10.1. The molecule has 0 fully saturated rings. The highest BCUT2D eigenvalue weighted by Gasteiger charge is 2.26. The number of amides is 1. The molecule has 0 unspecified atom stereocenters. The van der Waals surface area contributed by atoms with Crippen molar-refractivity contribution in [3.8, 4) is 0 Å². The standard InChI is InChI=1S/C17H16FNOS/c1-12-9-17(20)19(11-13-5-4-6-14(18)10-13)15-7-2-3-8-16(15)21-12/h2-8,10,12H,9,11H2,1H3/t12-/m0/s1. The SMILES string of the molecule is C[C@H]1CC(=O)N(Cc2cccc(F)c2)c2ccccc2S1. The van der Waals surface area contributed by atoms with E-state index in [0.29, 0.717) is 13.0 Å². The third kappa shape index (κ3) is 3.10. The van der Waals surface area contributed by atoms with Gasteiger partial charge in [-0.3, -0.25) is 4.79 Å². The van der Waals surface area contributed by atoms with Crippen LogP contribution in [0.3, 0.4) is 0 Å². The van der Waals surface area contributed by atoms with Gasteiger partial charge in [-0.25, -0.2) is 4.39 Å². The summed E-state index contributed by atoms with van der Waals surface area (Å²) in [4.78, 5) is 15.4. The first kappa shape index (κ1) is 14.1. The van der Waals surface area contributed by atoms with Gasteiger partial charge < -0.3 is 4.90 Å². The molecule has 0 N–H and O–H groups in total. The predicted octanol–water partition coefficient (Wildman–Crippen LogP) is 4.24. The van der Waals surface area contributed by atoms with Crippen molar-refractivity contribution in [2.45, 2.75) is 30.0 Å². The average molecular weight is 301 g/mol. The van der Waals surface area contributed by atoms with Crippen LogP contribution in [0.25, 0.3) is 0 Å². The molecular weight excluding hydrogens is 285 g/mol. The molecule has 1 aliphatic rings.